The second kappa shape index (κ2) is 6.62. The summed E-state index contributed by atoms with van der Waals surface area (Å²) in [6.45, 7) is 6.07. The Morgan fingerprint density at radius 2 is 2.30 bits per heavy atom. The Hall–Kier alpha value is -1.73. The molecule has 0 saturated carbocycles. The molecule has 2 heterocycles. The highest BCUT2D eigenvalue weighted by Crippen LogP contribution is 2.23. The molecule has 6 nitrogen and oxygen atoms in total. The van der Waals surface area contributed by atoms with Crippen LogP contribution in [0.4, 0.5) is 5.13 Å². The Morgan fingerprint density at radius 3 is 2.85 bits per heavy atom. The lowest BCUT2D eigenvalue weighted by molar-refractivity contribution is -0.115. The van der Waals surface area contributed by atoms with Gasteiger partial charge in [0.25, 0.3) is 0 Å². The molecule has 0 saturated heterocycles. The highest BCUT2D eigenvalue weighted by molar-refractivity contribution is 7.13. The van der Waals surface area contributed by atoms with Crippen LogP contribution >= 0.6 is 11.3 Å². The SMILES string of the molecule is CC[C@H](NCC(=O)Nc1nccs1)c1c(C)noc1C. The van der Waals surface area contributed by atoms with Crippen LogP contribution < -0.4 is 10.6 Å². The lowest BCUT2D eigenvalue weighted by Crippen LogP contribution is -2.31. The Morgan fingerprint density at radius 1 is 1.50 bits per heavy atom. The van der Waals surface area contributed by atoms with Crippen molar-refractivity contribution in [1.82, 2.24) is 15.5 Å². The summed E-state index contributed by atoms with van der Waals surface area (Å²) in [5, 5.41) is 12.4. The van der Waals surface area contributed by atoms with Crippen molar-refractivity contribution in [2.24, 2.45) is 0 Å². The predicted octanol–water partition coefficient (Wildman–Crippen LogP) is 2.43. The van der Waals surface area contributed by atoms with Gasteiger partial charge >= 0.3 is 0 Å². The lowest BCUT2D eigenvalue weighted by Gasteiger charge is -2.16. The fourth-order valence-corrected chi connectivity index (χ4v) is 2.65. The quantitative estimate of drug-likeness (QED) is 0.855. The van der Waals surface area contributed by atoms with Gasteiger partial charge in [0.15, 0.2) is 5.13 Å². The Labute approximate surface area is 121 Å². The molecule has 2 aromatic rings. The summed E-state index contributed by atoms with van der Waals surface area (Å²) in [5.74, 6) is 0.687. The minimum Gasteiger partial charge on any atom is -0.361 e. The summed E-state index contributed by atoms with van der Waals surface area (Å²) >= 11 is 1.40. The van der Waals surface area contributed by atoms with E-state index in [1.54, 1.807) is 6.20 Å². The van der Waals surface area contributed by atoms with Crippen molar-refractivity contribution in [2.45, 2.75) is 33.2 Å². The summed E-state index contributed by atoms with van der Waals surface area (Å²) in [6.07, 6.45) is 2.51. The van der Waals surface area contributed by atoms with Gasteiger partial charge in [-0.2, -0.15) is 0 Å². The molecule has 7 heteroatoms. The monoisotopic (exact) mass is 294 g/mol. The molecule has 0 unspecified atom stereocenters. The van der Waals surface area contributed by atoms with Gasteiger partial charge < -0.3 is 15.2 Å². The van der Waals surface area contributed by atoms with E-state index in [-0.39, 0.29) is 18.5 Å². The summed E-state index contributed by atoms with van der Waals surface area (Å²) < 4.78 is 5.17. The molecule has 2 rings (SSSR count). The molecule has 0 fully saturated rings. The summed E-state index contributed by atoms with van der Waals surface area (Å²) in [4.78, 5) is 15.8. The number of hydrogen-bond donors (Lipinski definition) is 2. The van der Waals surface area contributed by atoms with Crippen LogP contribution in [-0.4, -0.2) is 22.6 Å². The van der Waals surface area contributed by atoms with Gasteiger partial charge in [-0.05, 0) is 20.3 Å². The fraction of sp³-hybridized carbons (Fsp3) is 0.462. The molecule has 0 aliphatic carbocycles. The standard InChI is InChI=1S/C13H18N4O2S/c1-4-10(12-8(2)17-19-9(12)3)15-7-11(18)16-13-14-5-6-20-13/h5-6,10,15H,4,7H2,1-3H3,(H,14,16,18)/t10-/m0/s1. The normalized spacial score (nSPS) is 12.3. The van der Waals surface area contributed by atoms with Gasteiger partial charge in [-0.3, -0.25) is 4.79 Å². The largest absolute Gasteiger partial charge is 0.361 e. The van der Waals surface area contributed by atoms with Crippen molar-refractivity contribution in [2.75, 3.05) is 11.9 Å². The van der Waals surface area contributed by atoms with E-state index in [0.717, 1.165) is 23.4 Å². The number of carbonyl (C=O) groups is 1. The number of anilines is 1. The van der Waals surface area contributed by atoms with Gasteiger partial charge in [-0.15, -0.1) is 11.3 Å². The summed E-state index contributed by atoms with van der Waals surface area (Å²) in [5.41, 5.74) is 1.90. The molecule has 2 N–H and O–H groups in total. The average molecular weight is 294 g/mol. The molecule has 0 aliphatic heterocycles. The fourth-order valence-electron chi connectivity index (χ4n) is 2.10. The third kappa shape index (κ3) is 3.43. The van der Waals surface area contributed by atoms with Crippen LogP contribution in [0, 0.1) is 13.8 Å². The van der Waals surface area contributed by atoms with Crippen LogP contribution in [0.3, 0.4) is 0 Å². The number of amides is 1. The maximum atomic E-state index is 11.8. The van der Waals surface area contributed by atoms with Crippen LogP contribution in [-0.2, 0) is 4.79 Å². The second-order valence-electron chi connectivity index (χ2n) is 4.47. The molecule has 20 heavy (non-hydrogen) atoms. The number of aryl methyl sites for hydroxylation is 2. The number of aromatic nitrogens is 2. The topological polar surface area (TPSA) is 80.0 Å². The molecular weight excluding hydrogens is 276 g/mol. The van der Waals surface area contributed by atoms with Crippen molar-refractivity contribution in [3.63, 3.8) is 0 Å². The first-order chi connectivity index (χ1) is 9.61. The Balaban J connectivity index is 1.93. The van der Waals surface area contributed by atoms with Crippen LogP contribution in [0.1, 0.15) is 36.4 Å². The first-order valence-corrected chi connectivity index (χ1v) is 7.35. The molecule has 0 aromatic carbocycles. The van der Waals surface area contributed by atoms with Crippen molar-refractivity contribution < 1.29 is 9.32 Å². The van der Waals surface area contributed by atoms with E-state index >= 15 is 0 Å². The minimum absolute atomic E-state index is 0.0586. The number of carbonyl (C=O) groups excluding carboxylic acids is 1. The van der Waals surface area contributed by atoms with Crippen molar-refractivity contribution in [3.05, 3.63) is 28.6 Å². The van der Waals surface area contributed by atoms with Crippen LogP contribution in [0.15, 0.2) is 16.1 Å². The van der Waals surface area contributed by atoms with Crippen LogP contribution in [0.2, 0.25) is 0 Å². The van der Waals surface area contributed by atoms with Crippen LogP contribution in [0.25, 0.3) is 0 Å². The third-order valence-corrected chi connectivity index (χ3v) is 3.72. The van der Waals surface area contributed by atoms with E-state index in [4.69, 9.17) is 4.52 Å². The number of nitrogens with one attached hydrogen (secondary N) is 2. The van der Waals surface area contributed by atoms with E-state index in [9.17, 15) is 4.79 Å². The highest BCUT2D eigenvalue weighted by Gasteiger charge is 2.19. The van der Waals surface area contributed by atoms with Crippen molar-refractivity contribution in [3.8, 4) is 0 Å². The molecule has 108 valence electrons. The zero-order chi connectivity index (χ0) is 14.5. The molecule has 1 amide bonds. The van der Waals surface area contributed by atoms with Gasteiger partial charge in [0.1, 0.15) is 5.76 Å². The maximum absolute atomic E-state index is 11.8. The highest BCUT2D eigenvalue weighted by atomic mass is 32.1. The third-order valence-electron chi connectivity index (χ3n) is 3.03. The molecule has 1 atom stereocenters. The van der Waals surface area contributed by atoms with E-state index in [2.05, 4.69) is 27.7 Å². The molecule has 0 bridgehead atoms. The molecule has 2 aromatic heterocycles. The van der Waals surface area contributed by atoms with Crippen molar-refractivity contribution in [1.29, 1.82) is 0 Å². The van der Waals surface area contributed by atoms with E-state index in [1.165, 1.54) is 11.3 Å². The number of hydrogen-bond acceptors (Lipinski definition) is 6. The Bertz CT molecular complexity index is 545. The lowest BCUT2D eigenvalue weighted by atomic mass is 10.0. The second-order valence-corrected chi connectivity index (χ2v) is 5.36. The zero-order valence-corrected chi connectivity index (χ0v) is 12.6. The molecule has 0 aliphatic rings. The summed E-state index contributed by atoms with van der Waals surface area (Å²) in [7, 11) is 0. The van der Waals surface area contributed by atoms with Gasteiger partial charge in [0, 0.05) is 23.2 Å². The smallest absolute Gasteiger partial charge is 0.240 e. The number of rotatable bonds is 6. The van der Waals surface area contributed by atoms with E-state index < -0.39 is 0 Å². The van der Waals surface area contributed by atoms with Gasteiger partial charge in [-0.25, -0.2) is 4.98 Å². The van der Waals surface area contributed by atoms with Crippen molar-refractivity contribution >= 4 is 22.4 Å². The van der Waals surface area contributed by atoms with Gasteiger partial charge in [-0.1, -0.05) is 12.1 Å². The zero-order valence-electron chi connectivity index (χ0n) is 11.8. The maximum Gasteiger partial charge on any atom is 0.240 e. The van der Waals surface area contributed by atoms with Crippen LogP contribution in [0.5, 0.6) is 0 Å². The molecular formula is C13H18N4O2S. The Kier molecular flexibility index (Phi) is 4.86. The first kappa shape index (κ1) is 14.7. The number of thiazole rings is 1. The average Bonchev–Trinajstić information content (AvgIpc) is 3.03. The molecule has 0 radical (unpaired) electrons. The van der Waals surface area contributed by atoms with Gasteiger partial charge in [0.05, 0.1) is 12.2 Å². The predicted molar refractivity (Wildman–Crippen MR) is 77.8 cm³/mol. The number of nitrogens with zero attached hydrogens (tertiary/aromatic N) is 2. The van der Waals surface area contributed by atoms with E-state index in [0.29, 0.717) is 5.13 Å². The minimum atomic E-state index is -0.106. The van der Waals surface area contributed by atoms with Gasteiger partial charge in [0.2, 0.25) is 5.91 Å². The first-order valence-electron chi connectivity index (χ1n) is 6.47. The summed E-state index contributed by atoms with van der Waals surface area (Å²) in [6, 6.07) is 0.0586. The molecule has 0 spiro atoms. The van der Waals surface area contributed by atoms with E-state index in [1.807, 2.05) is 19.2 Å².